The number of aromatic amines is 1. The van der Waals surface area contributed by atoms with E-state index in [0.29, 0.717) is 28.8 Å². The lowest BCUT2D eigenvalue weighted by Gasteiger charge is -2.17. The molecule has 0 spiro atoms. The van der Waals surface area contributed by atoms with Gasteiger partial charge in [-0.05, 0) is 35.2 Å². The number of aromatic nitrogens is 1. The highest BCUT2D eigenvalue weighted by molar-refractivity contribution is 6.31. The van der Waals surface area contributed by atoms with Crippen LogP contribution in [0.4, 0.5) is 5.69 Å². The Labute approximate surface area is 171 Å². The molecule has 1 aliphatic rings. The molecule has 5 rings (SSSR count). The Morgan fingerprint density at radius 3 is 2.71 bits per heavy atom. The summed E-state index contributed by atoms with van der Waals surface area (Å²) in [6.07, 6.45) is 0. The largest absolute Gasteiger partial charge is 0.507 e. The first kappa shape index (κ1) is 17.4. The first-order valence-corrected chi connectivity index (χ1v) is 9.89. The molecule has 1 atom stereocenters. The first-order chi connectivity index (χ1) is 13.6. The number of nitrogens with zero attached hydrogens (tertiary/aromatic N) is 1. The Kier molecular flexibility index (Phi) is 4.00. The number of halogens is 2. The number of phenols is 1. The normalized spacial score (nSPS) is 16.1. The van der Waals surface area contributed by atoms with Crippen LogP contribution in [0, 0.1) is 0 Å². The molecular weight excluding hydrogens is 395 g/mol. The molecule has 0 saturated carbocycles. The molecule has 0 saturated heterocycles. The quantitative estimate of drug-likeness (QED) is 0.418. The summed E-state index contributed by atoms with van der Waals surface area (Å²) in [7, 11) is 0. The number of phenolic OH excluding ortho intramolecular Hbond substituents is 1. The highest BCUT2D eigenvalue weighted by Gasteiger charge is 2.35. The maximum absolute atomic E-state index is 13.3. The summed E-state index contributed by atoms with van der Waals surface area (Å²) in [4.78, 5) is 18.2. The maximum Gasteiger partial charge on any atom is 0.274 e. The summed E-state index contributed by atoms with van der Waals surface area (Å²) >= 11 is 12.3. The van der Waals surface area contributed by atoms with Gasteiger partial charge in [0.05, 0.1) is 5.69 Å². The third-order valence-corrected chi connectivity index (χ3v) is 6.00. The number of carbonyl (C=O) groups is 1. The second-order valence-electron chi connectivity index (χ2n) is 7.06. The average Bonchev–Trinajstić information content (AvgIpc) is 3.28. The number of fused-ring (bicyclic) bond motifs is 4. The summed E-state index contributed by atoms with van der Waals surface area (Å²) in [6.45, 7) is 0.473. The summed E-state index contributed by atoms with van der Waals surface area (Å²) < 4.78 is 0. The molecule has 140 valence electrons. The van der Waals surface area contributed by atoms with Crippen molar-refractivity contribution in [1.29, 1.82) is 0 Å². The molecule has 0 aliphatic carbocycles. The maximum atomic E-state index is 13.3. The van der Waals surface area contributed by atoms with Crippen LogP contribution < -0.4 is 4.90 Å². The summed E-state index contributed by atoms with van der Waals surface area (Å²) in [6, 6.07) is 16.6. The Balaban J connectivity index is 1.65. The van der Waals surface area contributed by atoms with E-state index >= 15 is 0 Å². The highest BCUT2D eigenvalue weighted by Crippen LogP contribution is 2.45. The van der Waals surface area contributed by atoms with Crippen molar-refractivity contribution in [3.63, 3.8) is 0 Å². The van der Waals surface area contributed by atoms with Crippen LogP contribution in [0.15, 0.2) is 54.6 Å². The van der Waals surface area contributed by atoms with Crippen molar-refractivity contribution < 1.29 is 9.90 Å². The lowest BCUT2D eigenvalue weighted by atomic mass is 9.95. The van der Waals surface area contributed by atoms with Crippen LogP contribution in [0.25, 0.3) is 21.7 Å². The van der Waals surface area contributed by atoms with E-state index in [0.717, 1.165) is 27.2 Å². The van der Waals surface area contributed by atoms with Crippen molar-refractivity contribution >= 4 is 56.5 Å². The minimum absolute atomic E-state index is 0.00457. The molecule has 0 radical (unpaired) electrons. The van der Waals surface area contributed by atoms with E-state index in [1.807, 2.05) is 36.4 Å². The molecule has 1 amide bonds. The van der Waals surface area contributed by atoms with Crippen molar-refractivity contribution in [2.75, 3.05) is 17.3 Å². The fourth-order valence-corrected chi connectivity index (χ4v) is 4.54. The lowest BCUT2D eigenvalue weighted by molar-refractivity contribution is 0.0984. The number of benzene rings is 3. The van der Waals surface area contributed by atoms with Crippen LogP contribution in [0.3, 0.4) is 0 Å². The third-order valence-electron chi connectivity index (χ3n) is 5.39. The Morgan fingerprint density at radius 2 is 1.93 bits per heavy atom. The van der Waals surface area contributed by atoms with Gasteiger partial charge in [-0.15, -0.1) is 11.6 Å². The van der Waals surface area contributed by atoms with Crippen LogP contribution in [-0.4, -0.2) is 28.4 Å². The number of amides is 1. The van der Waals surface area contributed by atoms with Gasteiger partial charge >= 0.3 is 0 Å². The zero-order chi connectivity index (χ0) is 19.4. The van der Waals surface area contributed by atoms with Crippen molar-refractivity contribution in [3.05, 3.63) is 70.9 Å². The lowest BCUT2D eigenvalue weighted by Crippen LogP contribution is -2.30. The molecule has 1 aromatic heterocycles. The van der Waals surface area contributed by atoms with Gasteiger partial charge in [-0.25, -0.2) is 0 Å². The van der Waals surface area contributed by atoms with Crippen LogP contribution >= 0.6 is 23.2 Å². The third kappa shape index (κ3) is 2.56. The minimum Gasteiger partial charge on any atom is -0.507 e. The van der Waals surface area contributed by atoms with Crippen LogP contribution in [-0.2, 0) is 0 Å². The van der Waals surface area contributed by atoms with E-state index in [2.05, 4.69) is 4.98 Å². The van der Waals surface area contributed by atoms with E-state index < -0.39 is 0 Å². The Bertz CT molecular complexity index is 1250. The number of rotatable bonds is 2. The predicted molar refractivity (Wildman–Crippen MR) is 114 cm³/mol. The van der Waals surface area contributed by atoms with E-state index in [9.17, 15) is 9.90 Å². The molecule has 2 N–H and O–H groups in total. The van der Waals surface area contributed by atoms with Gasteiger partial charge in [-0.3, -0.25) is 4.79 Å². The van der Waals surface area contributed by atoms with Gasteiger partial charge in [0.2, 0.25) is 0 Å². The van der Waals surface area contributed by atoms with Gasteiger partial charge in [-0.2, -0.15) is 0 Å². The standard InChI is InChI=1S/C22H16Cl2N2O2/c23-10-13-11-26(19-9-20(27)15-3-1-2-4-16(15)21(13)19)22(28)18-8-12-7-14(24)5-6-17(12)25-18/h1-9,13,25,27H,10-11H2. The number of aromatic hydroxyl groups is 1. The Morgan fingerprint density at radius 1 is 1.14 bits per heavy atom. The minimum atomic E-state index is -0.157. The SMILES string of the molecule is O=C(c1cc2cc(Cl)ccc2[nH]1)N1CC(CCl)c2c1cc(O)c1ccccc21. The van der Waals surface area contributed by atoms with Gasteiger partial charge in [0.25, 0.3) is 5.91 Å². The average molecular weight is 411 g/mol. The zero-order valence-corrected chi connectivity index (χ0v) is 16.3. The second kappa shape index (κ2) is 6.43. The predicted octanol–water partition coefficient (Wildman–Crippen LogP) is 5.66. The van der Waals surface area contributed by atoms with Crippen molar-refractivity contribution in [2.24, 2.45) is 0 Å². The summed E-state index contributed by atoms with van der Waals surface area (Å²) in [5.74, 6) is 0.403. The molecule has 4 nitrogen and oxygen atoms in total. The van der Waals surface area contributed by atoms with Gasteiger partial charge in [0.15, 0.2) is 0 Å². The molecule has 28 heavy (non-hydrogen) atoms. The van der Waals surface area contributed by atoms with Crippen molar-refractivity contribution in [3.8, 4) is 5.75 Å². The topological polar surface area (TPSA) is 56.3 Å². The van der Waals surface area contributed by atoms with Crippen LogP contribution in [0.1, 0.15) is 22.0 Å². The summed E-state index contributed by atoms with van der Waals surface area (Å²) in [5.41, 5.74) is 3.05. The Hall–Kier alpha value is -2.69. The van der Waals surface area contributed by atoms with Crippen molar-refractivity contribution in [2.45, 2.75) is 5.92 Å². The van der Waals surface area contributed by atoms with E-state index in [1.54, 1.807) is 23.1 Å². The second-order valence-corrected chi connectivity index (χ2v) is 7.80. The molecular formula is C22H16Cl2N2O2. The fraction of sp³-hybridized carbons (Fsp3) is 0.136. The van der Waals surface area contributed by atoms with E-state index in [1.165, 1.54) is 0 Å². The van der Waals surface area contributed by atoms with Gasteiger partial charge in [0.1, 0.15) is 11.4 Å². The van der Waals surface area contributed by atoms with Crippen molar-refractivity contribution in [1.82, 2.24) is 4.98 Å². The number of alkyl halides is 1. The van der Waals surface area contributed by atoms with E-state index in [4.69, 9.17) is 23.2 Å². The number of hydrogen-bond acceptors (Lipinski definition) is 2. The summed E-state index contributed by atoms with van der Waals surface area (Å²) in [5, 5.41) is 13.7. The first-order valence-electron chi connectivity index (χ1n) is 8.97. The number of hydrogen-bond donors (Lipinski definition) is 2. The number of carbonyl (C=O) groups excluding carboxylic acids is 1. The van der Waals surface area contributed by atoms with Gasteiger partial charge in [-0.1, -0.05) is 35.9 Å². The molecule has 1 aliphatic heterocycles. The monoisotopic (exact) mass is 410 g/mol. The fourth-order valence-electron chi connectivity index (χ4n) is 4.11. The van der Waals surface area contributed by atoms with Gasteiger partial charge < -0.3 is 15.0 Å². The van der Waals surface area contributed by atoms with Crippen LogP contribution in [0.5, 0.6) is 5.75 Å². The zero-order valence-electron chi connectivity index (χ0n) is 14.7. The number of nitrogens with one attached hydrogen (secondary N) is 1. The molecule has 0 fully saturated rings. The molecule has 1 unspecified atom stereocenters. The molecule has 4 aromatic rings. The molecule has 3 aromatic carbocycles. The smallest absolute Gasteiger partial charge is 0.274 e. The van der Waals surface area contributed by atoms with E-state index in [-0.39, 0.29) is 17.6 Å². The highest BCUT2D eigenvalue weighted by atomic mass is 35.5. The molecule has 2 heterocycles. The van der Waals surface area contributed by atoms with Crippen LogP contribution in [0.2, 0.25) is 5.02 Å². The molecule has 6 heteroatoms. The number of H-pyrrole nitrogens is 1. The number of anilines is 1. The molecule has 0 bridgehead atoms. The van der Waals surface area contributed by atoms with Gasteiger partial charge in [0, 0.05) is 45.7 Å².